The van der Waals surface area contributed by atoms with E-state index < -0.39 is 0 Å². The van der Waals surface area contributed by atoms with Crippen molar-refractivity contribution in [1.82, 2.24) is 5.32 Å². The normalized spacial score (nSPS) is 19.3. The van der Waals surface area contributed by atoms with Gasteiger partial charge in [-0.05, 0) is 43.7 Å². The van der Waals surface area contributed by atoms with Crippen molar-refractivity contribution >= 4 is 11.6 Å². The number of amides is 1. The first-order valence-corrected chi connectivity index (χ1v) is 6.37. The highest BCUT2D eigenvalue weighted by Gasteiger charge is 2.24. The molecule has 98 valence electrons. The van der Waals surface area contributed by atoms with E-state index in [1.54, 1.807) is 12.0 Å². The molecule has 1 atom stereocenters. The lowest BCUT2D eigenvalue weighted by Crippen LogP contribution is -2.47. The molecule has 1 aliphatic rings. The number of nitrogens with one attached hydrogen (secondary N) is 1. The predicted molar refractivity (Wildman–Crippen MR) is 72.0 cm³/mol. The van der Waals surface area contributed by atoms with Crippen LogP contribution in [0, 0.1) is 0 Å². The van der Waals surface area contributed by atoms with E-state index in [1.807, 2.05) is 31.3 Å². The molecule has 1 heterocycles. The van der Waals surface area contributed by atoms with E-state index in [1.165, 1.54) is 0 Å². The highest BCUT2D eigenvalue weighted by molar-refractivity contribution is 5.96. The van der Waals surface area contributed by atoms with Crippen LogP contribution in [0.3, 0.4) is 0 Å². The van der Waals surface area contributed by atoms with Gasteiger partial charge in [-0.25, -0.2) is 0 Å². The number of carbonyl (C=O) groups excluding carboxylic acids is 1. The van der Waals surface area contributed by atoms with Crippen LogP contribution in [0.15, 0.2) is 24.3 Å². The van der Waals surface area contributed by atoms with Crippen molar-refractivity contribution in [2.75, 3.05) is 25.6 Å². The molecule has 0 aromatic heterocycles. The number of hydrogen-bond donors (Lipinski definition) is 1. The lowest BCUT2D eigenvalue weighted by Gasteiger charge is -2.27. The summed E-state index contributed by atoms with van der Waals surface area (Å²) in [6.45, 7) is 0.937. The Bertz CT molecular complexity index is 397. The van der Waals surface area contributed by atoms with Crippen LogP contribution < -0.4 is 15.0 Å². The highest BCUT2D eigenvalue weighted by Crippen LogP contribution is 2.20. The van der Waals surface area contributed by atoms with Crippen molar-refractivity contribution in [3.63, 3.8) is 0 Å². The molecule has 18 heavy (non-hydrogen) atoms. The van der Waals surface area contributed by atoms with Gasteiger partial charge in [-0.2, -0.15) is 0 Å². The molecule has 0 aliphatic carbocycles. The number of likely N-dealkylation sites (N-methyl/N-ethyl adjacent to an activating group) is 1. The molecule has 1 aromatic carbocycles. The standard InChI is InChI=1S/C14H20N2O2/c1-16(11-6-8-12(18-2)9-7-11)14(17)13-5-3-4-10-15-13/h6-9,13,15H,3-5,10H2,1-2H3/t13-/m0/s1. The maximum absolute atomic E-state index is 12.3. The van der Waals surface area contributed by atoms with Gasteiger partial charge in [-0.3, -0.25) is 4.79 Å². The Kier molecular flexibility index (Phi) is 4.20. The quantitative estimate of drug-likeness (QED) is 0.887. The van der Waals surface area contributed by atoms with Gasteiger partial charge in [0.25, 0.3) is 0 Å². The van der Waals surface area contributed by atoms with Gasteiger partial charge in [0.2, 0.25) is 5.91 Å². The van der Waals surface area contributed by atoms with Gasteiger partial charge < -0.3 is 15.0 Å². The van der Waals surface area contributed by atoms with Gasteiger partial charge in [0, 0.05) is 12.7 Å². The summed E-state index contributed by atoms with van der Waals surface area (Å²) in [7, 11) is 3.45. The molecule has 1 N–H and O–H groups in total. The van der Waals surface area contributed by atoms with Crippen molar-refractivity contribution in [2.24, 2.45) is 0 Å². The minimum atomic E-state index is -0.0362. The van der Waals surface area contributed by atoms with Crippen LogP contribution in [0.2, 0.25) is 0 Å². The van der Waals surface area contributed by atoms with E-state index >= 15 is 0 Å². The fourth-order valence-corrected chi connectivity index (χ4v) is 2.23. The van der Waals surface area contributed by atoms with Gasteiger partial charge in [0.05, 0.1) is 13.2 Å². The first kappa shape index (κ1) is 12.9. The summed E-state index contributed by atoms with van der Waals surface area (Å²) in [5, 5.41) is 3.28. The molecular formula is C14H20N2O2. The predicted octanol–water partition coefficient (Wildman–Crippen LogP) is 1.80. The Labute approximate surface area is 108 Å². The fraction of sp³-hybridized carbons (Fsp3) is 0.500. The SMILES string of the molecule is COc1ccc(N(C)C(=O)[C@@H]2CCCCN2)cc1. The van der Waals surface area contributed by atoms with Gasteiger partial charge >= 0.3 is 0 Å². The Hall–Kier alpha value is -1.55. The van der Waals surface area contributed by atoms with E-state index in [-0.39, 0.29) is 11.9 Å². The average molecular weight is 248 g/mol. The second kappa shape index (κ2) is 5.87. The van der Waals surface area contributed by atoms with Gasteiger partial charge in [-0.15, -0.1) is 0 Å². The van der Waals surface area contributed by atoms with Crippen molar-refractivity contribution in [1.29, 1.82) is 0 Å². The number of methoxy groups -OCH3 is 1. The molecule has 1 amide bonds. The molecule has 2 rings (SSSR count). The molecule has 0 radical (unpaired) electrons. The third kappa shape index (κ3) is 2.82. The number of ether oxygens (including phenoxy) is 1. The first-order chi connectivity index (χ1) is 8.72. The number of nitrogens with zero attached hydrogens (tertiary/aromatic N) is 1. The highest BCUT2D eigenvalue weighted by atomic mass is 16.5. The summed E-state index contributed by atoms with van der Waals surface area (Å²) in [5.41, 5.74) is 0.896. The first-order valence-electron chi connectivity index (χ1n) is 6.37. The van der Waals surface area contributed by atoms with Gasteiger partial charge in [0.1, 0.15) is 5.75 Å². The van der Waals surface area contributed by atoms with Crippen LogP contribution in [0.25, 0.3) is 0 Å². The van der Waals surface area contributed by atoms with Crippen molar-refractivity contribution < 1.29 is 9.53 Å². The molecule has 4 heteroatoms. The largest absolute Gasteiger partial charge is 0.497 e. The van der Waals surface area contributed by atoms with E-state index in [2.05, 4.69) is 5.32 Å². The number of carbonyl (C=O) groups is 1. The van der Waals surface area contributed by atoms with Crippen molar-refractivity contribution in [3.8, 4) is 5.75 Å². The van der Waals surface area contributed by atoms with Crippen LogP contribution >= 0.6 is 0 Å². The molecule has 0 unspecified atom stereocenters. The van der Waals surface area contributed by atoms with Gasteiger partial charge in [0.15, 0.2) is 0 Å². The van der Waals surface area contributed by atoms with Crippen LogP contribution in [-0.2, 0) is 4.79 Å². The van der Waals surface area contributed by atoms with E-state index in [0.29, 0.717) is 0 Å². The molecule has 0 bridgehead atoms. The van der Waals surface area contributed by atoms with E-state index in [0.717, 1.165) is 37.2 Å². The van der Waals surface area contributed by atoms with Gasteiger partial charge in [-0.1, -0.05) is 6.42 Å². The lowest BCUT2D eigenvalue weighted by molar-refractivity contribution is -0.120. The minimum Gasteiger partial charge on any atom is -0.497 e. The molecule has 1 aliphatic heterocycles. The number of rotatable bonds is 3. The maximum Gasteiger partial charge on any atom is 0.243 e. The zero-order valence-corrected chi connectivity index (χ0v) is 11.0. The van der Waals surface area contributed by atoms with Crippen molar-refractivity contribution in [3.05, 3.63) is 24.3 Å². The smallest absolute Gasteiger partial charge is 0.243 e. The average Bonchev–Trinajstić information content (AvgIpc) is 2.47. The Morgan fingerprint density at radius 2 is 2.06 bits per heavy atom. The van der Waals surface area contributed by atoms with Crippen LogP contribution in [-0.4, -0.2) is 32.7 Å². The molecular weight excluding hydrogens is 228 g/mol. The zero-order chi connectivity index (χ0) is 13.0. The summed E-state index contributed by atoms with van der Waals surface area (Å²) in [6.07, 6.45) is 3.22. The molecule has 0 saturated carbocycles. The summed E-state index contributed by atoms with van der Waals surface area (Å²) in [5.74, 6) is 0.940. The van der Waals surface area contributed by atoms with Crippen molar-refractivity contribution in [2.45, 2.75) is 25.3 Å². The van der Waals surface area contributed by atoms with E-state index in [9.17, 15) is 4.79 Å². The Balaban J connectivity index is 2.04. The summed E-state index contributed by atoms with van der Waals surface area (Å²) < 4.78 is 5.11. The zero-order valence-electron chi connectivity index (χ0n) is 11.0. The minimum absolute atomic E-state index is 0.0362. The molecule has 0 spiro atoms. The molecule has 1 aromatic rings. The third-order valence-electron chi connectivity index (χ3n) is 3.40. The summed E-state index contributed by atoms with van der Waals surface area (Å²) >= 11 is 0. The summed E-state index contributed by atoms with van der Waals surface area (Å²) in [6, 6.07) is 7.51. The summed E-state index contributed by atoms with van der Waals surface area (Å²) in [4.78, 5) is 14.0. The second-order valence-corrected chi connectivity index (χ2v) is 4.60. The monoisotopic (exact) mass is 248 g/mol. The Morgan fingerprint density at radius 3 is 2.61 bits per heavy atom. The lowest BCUT2D eigenvalue weighted by atomic mass is 10.0. The molecule has 1 fully saturated rings. The maximum atomic E-state index is 12.3. The molecule has 1 saturated heterocycles. The van der Waals surface area contributed by atoms with Crippen LogP contribution in [0.1, 0.15) is 19.3 Å². The van der Waals surface area contributed by atoms with Crippen LogP contribution in [0.5, 0.6) is 5.75 Å². The second-order valence-electron chi connectivity index (χ2n) is 4.60. The van der Waals surface area contributed by atoms with E-state index in [4.69, 9.17) is 4.74 Å². The van der Waals surface area contributed by atoms with Crippen LogP contribution in [0.4, 0.5) is 5.69 Å². The number of piperidine rings is 1. The topological polar surface area (TPSA) is 41.6 Å². The number of anilines is 1. The third-order valence-corrected chi connectivity index (χ3v) is 3.40. The Morgan fingerprint density at radius 1 is 1.33 bits per heavy atom. The molecule has 4 nitrogen and oxygen atoms in total. The fourth-order valence-electron chi connectivity index (χ4n) is 2.23. The number of benzene rings is 1. The number of hydrogen-bond acceptors (Lipinski definition) is 3.